The predicted octanol–water partition coefficient (Wildman–Crippen LogP) is 6.22. The van der Waals surface area contributed by atoms with Crippen LogP contribution in [0.25, 0.3) is 17.1 Å². The quantitative estimate of drug-likeness (QED) is 0.376. The van der Waals surface area contributed by atoms with E-state index in [0.717, 1.165) is 26.9 Å². The van der Waals surface area contributed by atoms with E-state index in [-0.39, 0.29) is 11.7 Å². The number of nitrogens with zero attached hydrogens (tertiary/aromatic N) is 3. The zero-order chi connectivity index (χ0) is 21.3. The van der Waals surface area contributed by atoms with Gasteiger partial charge in [-0.2, -0.15) is 0 Å². The molecule has 30 heavy (non-hydrogen) atoms. The molecule has 0 aliphatic carbocycles. The number of rotatable bonds is 4. The van der Waals surface area contributed by atoms with Gasteiger partial charge in [0.05, 0.1) is 5.69 Å². The van der Waals surface area contributed by atoms with Crippen molar-refractivity contribution in [3.05, 3.63) is 93.2 Å². The van der Waals surface area contributed by atoms with Gasteiger partial charge >= 0.3 is 0 Å². The second-order valence-electron chi connectivity index (χ2n) is 6.93. The largest absolute Gasteiger partial charge is 0.319 e. The number of amides is 1. The molecule has 3 aromatic carbocycles. The molecule has 0 atom stereocenters. The maximum absolute atomic E-state index is 12.8. The van der Waals surface area contributed by atoms with Crippen LogP contribution >= 0.6 is 27.5 Å². The zero-order valence-corrected chi connectivity index (χ0v) is 18.7. The highest BCUT2D eigenvalue weighted by Crippen LogP contribution is 2.25. The predicted molar refractivity (Wildman–Crippen MR) is 123 cm³/mol. The van der Waals surface area contributed by atoms with Gasteiger partial charge in [0.25, 0.3) is 5.91 Å². The minimum absolute atomic E-state index is 0.0860. The van der Waals surface area contributed by atoms with Gasteiger partial charge in [-0.25, -0.2) is 9.67 Å². The average molecular weight is 482 g/mol. The molecule has 0 saturated heterocycles. The topological polar surface area (TPSA) is 59.8 Å². The van der Waals surface area contributed by atoms with Crippen LogP contribution < -0.4 is 5.32 Å². The molecule has 0 unspecified atom stereocenters. The highest BCUT2D eigenvalue weighted by atomic mass is 79.9. The van der Waals surface area contributed by atoms with Gasteiger partial charge in [-0.3, -0.25) is 4.79 Å². The Morgan fingerprint density at radius 3 is 2.37 bits per heavy atom. The van der Waals surface area contributed by atoms with Crippen molar-refractivity contribution in [2.75, 3.05) is 5.32 Å². The van der Waals surface area contributed by atoms with Crippen LogP contribution in [0.3, 0.4) is 0 Å². The molecule has 5 nitrogen and oxygen atoms in total. The molecule has 150 valence electrons. The molecule has 4 rings (SSSR count). The Morgan fingerprint density at radius 1 is 1.00 bits per heavy atom. The zero-order valence-electron chi connectivity index (χ0n) is 16.4. The monoisotopic (exact) mass is 480 g/mol. The summed E-state index contributed by atoms with van der Waals surface area (Å²) in [6.45, 7) is 4.06. The third kappa shape index (κ3) is 4.30. The second-order valence-corrected chi connectivity index (χ2v) is 8.28. The third-order valence-corrected chi connectivity index (χ3v) is 5.38. The fourth-order valence-corrected chi connectivity index (χ4v) is 3.52. The number of anilines is 1. The summed E-state index contributed by atoms with van der Waals surface area (Å²) >= 11 is 9.37. The summed E-state index contributed by atoms with van der Waals surface area (Å²) in [7, 11) is 0. The van der Waals surface area contributed by atoms with Gasteiger partial charge in [0.2, 0.25) is 5.82 Å². The summed E-state index contributed by atoms with van der Waals surface area (Å²) in [5.74, 6) is 0.290. The maximum atomic E-state index is 12.8. The molecule has 0 bridgehead atoms. The van der Waals surface area contributed by atoms with Crippen molar-refractivity contribution < 1.29 is 4.79 Å². The van der Waals surface area contributed by atoms with E-state index >= 15 is 0 Å². The van der Waals surface area contributed by atoms with E-state index in [1.54, 1.807) is 28.9 Å². The van der Waals surface area contributed by atoms with E-state index in [2.05, 4.69) is 37.4 Å². The summed E-state index contributed by atoms with van der Waals surface area (Å²) < 4.78 is 2.68. The number of benzene rings is 3. The Kier molecular flexibility index (Phi) is 5.70. The molecule has 0 radical (unpaired) electrons. The Labute approximate surface area is 187 Å². The second kappa shape index (κ2) is 8.42. The number of aromatic nitrogens is 3. The van der Waals surface area contributed by atoms with Crippen LogP contribution in [0.4, 0.5) is 5.69 Å². The van der Waals surface area contributed by atoms with Crippen LogP contribution in [0.2, 0.25) is 5.02 Å². The van der Waals surface area contributed by atoms with Crippen LogP contribution in [0.1, 0.15) is 21.7 Å². The van der Waals surface area contributed by atoms with Gasteiger partial charge in [-0.15, -0.1) is 5.10 Å². The third-order valence-electron chi connectivity index (χ3n) is 4.60. The number of aryl methyl sites for hydroxylation is 2. The molecular formula is C23H18BrClN4O. The van der Waals surface area contributed by atoms with E-state index in [1.165, 1.54) is 0 Å². The fourth-order valence-electron chi connectivity index (χ4n) is 3.13. The van der Waals surface area contributed by atoms with Crippen LogP contribution in [0.15, 0.2) is 71.2 Å². The molecule has 0 spiro atoms. The van der Waals surface area contributed by atoms with Crippen molar-refractivity contribution in [1.29, 1.82) is 0 Å². The average Bonchev–Trinajstić information content (AvgIpc) is 3.15. The van der Waals surface area contributed by atoms with Gasteiger partial charge < -0.3 is 5.32 Å². The van der Waals surface area contributed by atoms with E-state index in [1.807, 2.05) is 50.2 Å². The first-order valence-electron chi connectivity index (χ1n) is 9.28. The van der Waals surface area contributed by atoms with Crippen molar-refractivity contribution in [3.8, 4) is 17.1 Å². The number of carbonyl (C=O) groups excluding carboxylic acids is 1. The highest BCUT2D eigenvalue weighted by molar-refractivity contribution is 9.10. The molecule has 0 aliphatic rings. The highest BCUT2D eigenvalue weighted by Gasteiger charge is 2.20. The molecule has 0 saturated carbocycles. The number of halogens is 2. The fraction of sp³-hybridized carbons (Fsp3) is 0.0870. The first-order valence-corrected chi connectivity index (χ1v) is 10.5. The number of hydrogen-bond donors (Lipinski definition) is 1. The number of nitrogens with one attached hydrogen (secondary N) is 1. The lowest BCUT2D eigenvalue weighted by Gasteiger charge is -2.10. The molecule has 0 fully saturated rings. The summed E-state index contributed by atoms with van der Waals surface area (Å²) in [5, 5.41) is 7.96. The van der Waals surface area contributed by atoms with Crippen molar-refractivity contribution in [1.82, 2.24) is 14.8 Å². The first-order chi connectivity index (χ1) is 14.4. The van der Waals surface area contributed by atoms with Crippen molar-refractivity contribution in [3.63, 3.8) is 0 Å². The van der Waals surface area contributed by atoms with Crippen molar-refractivity contribution in [2.45, 2.75) is 13.8 Å². The molecule has 7 heteroatoms. The molecule has 1 amide bonds. The van der Waals surface area contributed by atoms with Crippen molar-refractivity contribution in [2.24, 2.45) is 0 Å². The Hall–Kier alpha value is -2.96. The van der Waals surface area contributed by atoms with Gasteiger partial charge in [0, 0.05) is 20.7 Å². The van der Waals surface area contributed by atoms with Crippen LogP contribution in [-0.2, 0) is 0 Å². The van der Waals surface area contributed by atoms with E-state index in [0.29, 0.717) is 16.5 Å². The summed E-state index contributed by atoms with van der Waals surface area (Å²) in [5.41, 5.74) is 4.55. The van der Waals surface area contributed by atoms with Crippen LogP contribution in [0.5, 0.6) is 0 Å². The SMILES string of the molecule is Cc1ccc(-n2nc(C(=O)Nc3ccc(Cl)cc3)nc2-c2ccc(Br)cc2)c(C)c1. The summed E-state index contributed by atoms with van der Waals surface area (Å²) in [6, 6.07) is 20.7. The van der Waals surface area contributed by atoms with E-state index in [4.69, 9.17) is 11.6 Å². The molecule has 0 aliphatic heterocycles. The van der Waals surface area contributed by atoms with Gasteiger partial charge in [-0.1, -0.05) is 57.4 Å². The molecular weight excluding hydrogens is 464 g/mol. The summed E-state index contributed by atoms with van der Waals surface area (Å²) in [6.07, 6.45) is 0. The molecule has 1 aromatic heterocycles. The Bertz CT molecular complexity index is 1220. The van der Waals surface area contributed by atoms with E-state index in [9.17, 15) is 4.79 Å². The minimum atomic E-state index is -0.390. The summed E-state index contributed by atoms with van der Waals surface area (Å²) in [4.78, 5) is 17.4. The van der Waals surface area contributed by atoms with Gasteiger partial charge in [-0.05, 0) is 61.9 Å². The first kappa shape index (κ1) is 20.3. The Balaban J connectivity index is 1.78. The van der Waals surface area contributed by atoms with Crippen LogP contribution in [0, 0.1) is 13.8 Å². The standard InChI is InChI=1S/C23H18BrClN4O/c1-14-3-12-20(15(2)13-14)29-22(16-4-6-17(24)7-5-16)27-21(28-29)23(30)26-19-10-8-18(25)9-11-19/h3-13H,1-2H3,(H,26,30). The lowest BCUT2D eigenvalue weighted by atomic mass is 10.1. The lowest BCUT2D eigenvalue weighted by Crippen LogP contribution is -2.14. The molecule has 1 heterocycles. The minimum Gasteiger partial charge on any atom is -0.319 e. The van der Waals surface area contributed by atoms with Crippen LogP contribution in [-0.4, -0.2) is 20.7 Å². The normalized spacial score (nSPS) is 10.8. The molecule has 1 N–H and O–H groups in total. The smallest absolute Gasteiger partial charge is 0.295 e. The van der Waals surface area contributed by atoms with E-state index < -0.39 is 0 Å². The van der Waals surface area contributed by atoms with Gasteiger partial charge in [0.15, 0.2) is 5.82 Å². The van der Waals surface area contributed by atoms with Gasteiger partial charge in [0.1, 0.15) is 0 Å². The maximum Gasteiger partial charge on any atom is 0.295 e. The van der Waals surface area contributed by atoms with Crippen molar-refractivity contribution >= 4 is 39.1 Å². The lowest BCUT2D eigenvalue weighted by molar-refractivity contribution is 0.101. The Morgan fingerprint density at radius 2 is 1.70 bits per heavy atom. The number of carbonyl (C=O) groups is 1. The molecule has 4 aromatic rings. The number of hydrogen-bond acceptors (Lipinski definition) is 3.